The van der Waals surface area contributed by atoms with E-state index in [1.807, 2.05) is 24.3 Å². The predicted molar refractivity (Wildman–Crippen MR) is 176 cm³/mol. The Morgan fingerprint density at radius 2 is 1.29 bits per heavy atom. The van der Waals surface area contributed by atoms with Gasteiger partial charge in [0, 0.05) is 23.4 Å². The van der Waals surface area contributed by atoms with Crippen molar-refractivity contribution >= 4 is 58.9 Å². The fraction of sp³-hybridized carbons (Fsp3) is 0.212. The highest BCUT2D eigenvalue weighted by Crippen LogP contribution is 2.32. The van der Waals surface area contributed by atoms with Crippen molar-refractivity contribution in [1.82, 2.24) is 9.97 Å². The van der Waals surface area contributed by atoms with E-state index in [2.05, 4.69) is 79.8 Å². The van der Waals surface area contributed by atoms with E-state index in [0.717, 1.165) is 49.7 Å². The summed E-state index contributed by atoms with van der Waals surface area (Å²) in [4.78, 5) is 9.54. The van der Waals surface area contributed by atoms with E-state index in [1.54, 1.807) is 22.7 Å². The van der Waals surface area contributed by atoms with Crippen molar-refractivity contribution in [1.29, 1.82) is 0 Å². The van der Waals surface area contributed by atoms with Gasteiger partial charge in [0.05, 0.1) is 32.8 Å². The van der Waals surface area contributed by atoms with E-state index >= 15 is 0 Å². The predicted octanol–water partition coefficient (Wildman–Crippen LogP) is 8.25. The molecular weight excluding hydrogens is 583 g/mol. The molecule has 0 amide bonds. The minimum absolute atomic E-state index is 0.371. The molecular formula is C33H31N3O3S3. The highest BCUT2D eigenvalue weighted by molar-refractivity contribution is 7.86. The van der Waals surface area contributed by atoms with Gasteiger partial charge in [-0.3, -0.25) is 4.18 Å². The number of rotatable bonds is 10. The van der Waals surface area contributed by atoms with Crippen molar-refractivity contribution in [3.8, 4) is 21.1 Å². The fourth-order valence-corrected chi connectivity index (χ4v) is 7.64. The quantitative estimate of drug-likeness (QED) is 0.157. The zero-order chi connectivity index (χ0) is 29.3. The Balaban J connectivity index is 1.09. The van der Waals surface area contributed by atoms with Crippen LogP contribution >= 0.6 is 22.7 Å². The number of nitrogens with one attached hydrogen (secondary N) is 1. The third-order valence-electron chi connectivity index (χ3n) is 7.02. The molecule has 2 aromatic heterocycles. The normalized spacial score (nSPS) is 12.6. The number of fused-ring (bicyclic) bond motifs is 2. The van der Waals surface area contributed by atoms with Gasteiger partial charge >= 0.3 is 0 Å². The summed E-state index contributed by atoms with van der Waals surface area (Å²) in [5.41, 5.74) is 8.61. The number of thiazole rings is 2. The first-order chi connectivity index (χ1) is 20.2. The molecule has 0 aliphatic heterocycles. The Bertz CT molecular complexity index is 1830. The summed E-state index contributed by atoms with van der Waals surface area (Å²) in [6.45, 7) is 4.55. The van der Waals surface area contributed by atoms with E-state index in [4.69, 9.17) is 14.2 Å². The minimum Gasteiger partial charge on any atom is -0.382 e. The first-order valence-electron chi connectivity index (χ1n) is 13.7. The van der Waals surface area contributed by atoms with E-state index < -0.39 is 16.2 Å². The maximum atomic E-state index is 12.0. The third-order valence-corrected chi connectivity index (χ3v) is 9.78. The standard InChI is InChI=1S/C33H31N3O3S3/c1-21-4-16-28-30(18-21)40-32(35-28)24-9-6-23(7-10-24)8-15-27(39-42(3,37)38)20-34-26-13-11-25(12-14-26)33-36-29-17-5-22(2)19-31(29)41-33/h4-7,9-14,16-19,27,34H,8,15,20H2,1-3H3. The second-order valence-corrected chi connectivity index (χ2v) is 14.3. The van der Waals surface area contributed by atoms with Gasteiger partial charge in [-0.2, -0.15) is 8.42 Å². The van der Waals surface area contributed by atoms with Gasteiger partial charge in [0.25, 0.3) is 10.1 Å². The first-order valence-corrected chi connectivity index (χ1v) is 17.2. The van der Waals surface area contributed by atoms with Crippen molar-refractivity contribution in [2.75, 3.05) is 18.1 Å². The molecule has 0 bridgehead atoms. The van der Waals surface area contributed by atoms with Gasteiger partial charge in [0.15, 0.2) is 0 Å². The molecule has 1 unspecified atom stereocenters. The Morgan fingerprint density at radius 1 is 0.762 bits per heavy atom. The van der Waals surface area contributed by atoms with Crippen LogP contribution in [0.5, 0.6) is 0 Å². The maximum absolute atomic E-state index is 12.0. The summed E-state index contributed by atoms with van der Waals surface area (Å²) < 4.78 is 31.8. The fourth-order valence-electron chi connectivity index (χ4n) is 4.85. The second kappa shape index (κ2) is 11.9. The second-order valence-electron chi connectivity index (χ2n) is 10.6. The van der Waals surface area contributed by atoms with Crippen LogP contribution in [-0.4, -0.2) is 37.3 Å². The average molecular weight is 614 g/mol. The molecule has 9 heteroatoms. The largest absolute Gasteiger partial charge is 0.382 e. The van der Waals surface area contributed by atoms with Crippen LogP contribution in [0.3, 0.4) is 0 Å². The number of aromatic nitrogens is 2. The van der Waals surface area contributed by atoms with Gasteiger partial charge in [-0.1, -0.05) is 36.4 Å². The summed E-state index contributed by atoms with van der Waals surface area (Å²) in [5, 5.41) is 5.32. The zero-order valence-electron chi connectivity index (χ0n) is 23.6. The van der Waals surface area contributed by atoms with E-state index in [9.17, 15) is 8.42 Å². The lowest BCUT2D eigenvalue weighted by atomic mass is 10.0. The lowest BCUT2D eigenvalue weighted by Crippen LogP contribution is -2.26. The van der Waals surface area contributed by atoms with Gasteiger partial charge in [0.1, 0.15) is 10.0 Å². The van der Waals surface area contributed by atoms with Crippen LogP contribution in [0.1, 0.15) is 23.1 Å². The van der Waals surface area contributed by atoms with E-state index in [1.165, 1.54) is 20.5 Å². The molecule has 0 fully saturated rings. The molecule has 0 aliphatic carbocycles. The highest BCUT2D eigenvalue weighted by Gasteiger charge is 2.16. The van der Waals surface area contributed by atoms with Crippen LogP contribution < -0.4 is 5.32 Å². The Labute approximate surface area is 254 Å². The Hall–Kier alpha value is -3.63. The zero-order valence-corrected chi connectivity index (χ0v) is 26.1. The average Bonchev–Trinajstić information content (AvgIpc) is 3.58. The number of hydrogen-bond donors (Lipinski definition) is 1. The lowest BCUT2D eigenvalue weighted by molar-refractivity contribution is 0.213. The molecule has 2 heterocycles. The molecule has 0 radical (unpaired) electrons. The van der Waals surface area contributed by atoms with Crippen LogP contribution in [0.25, 0.3) is 41.6 Å². The minimum atomic E-state index is -3.60. The molecule has 1 atom stereocenters. The lowest BCUT2D eigenvalue weighted by Gasteiger charge is -2.18. The number of aryl methyl sites for hydroxylation is 3. The molecule has 6 rings (SSSR count). The van der Waals surface area contributed by atoms with Crippen molar-refractivity contribution in [3.05, 3.63) is 102 Å². The van der Waals surface area contributed by atoms with E-state index in [-0.39, 0.29) is 0 Å². The molecule has 1 N–H and O–H groups in total. The molecule has 6 aromatic rings. The summed E-state index contributed by atoms with van der Waals surface area (Å²) in [7, 11) is -3.60. The van der Waals surface area contributed by atoms with Crippen LogP contribution in [0, 0.1) is 13.8 Å². The van der Waals surface area contributed by atoms with Gasteiger partial charge in [0.2, 0.25) is 0 Å². The number of anilines is 1. The summed E-state index contributed by atoms with van der Waals surface area (Å²) in [6, 6.07) is 29.0. The summed E-state index contributed by atoms with van der Waals surface area (Å²) in [6.07, 6.45) is 1.85. The molecule has 0 saturated heterocycles. The SMILES string of the molecule is Cc1ccc2nc(-c3ccc(CCC(CNc4ccc(-c5nc6ccc(C)cc6s5)cc4)OS(C)(=O)=O)cc3)sc2c1. The van der Waals surface area contributed by atoms with Gasteiger partial charge < -0.3 is 5.32 Å². The number of nitrogens with zero attached hydrogens (tertiary/aromatic N) is 2. The Morgan fingerprint density at radius 3 is 1.81 bits per heavy atom. The van der Waals surface area contributed by atoms with Crippen molar-refractivity contribution < 1.29 is 12.6 Å². The molecule has 4 aromatic carbocycles. The molecule has 0 spiro atoms. The van der Waals surface area contributed by atoms with Crippen LogP contribution in [0.4, 0.5) is 5.69 Å². The molecule has 0 saturated carbocycles. The molecule has 42 heavy (non-hydrogen) atoms. The van der Waals surface area contributed by atoms with Gasteiger partial charge in [-0.15, -0.1) is 22.7 Å². The van der Waals surface area contributed by atoms with Crippen LogP contribution in [0.15, 0.2) is 84.9 Å². The third kappa shape index (κ3) is 6.87. The highest BCUT2D eigenvalue weighted by atomic mass is 32.2. The summed E-state index contributed by atoms with van der Waals surface area (Å²) in [5.74, 6) is 0. The maximum Gasteiger partial charge on any atom is 0.264 e. The topological polar surface area (TPSA) is 81.2 Å². The van der Waals surface area contributed by atoms with Gasteiger partial charge in [-0.25, -0.2) is 9.97 Å². The number of benzene rings is 4. The molecule has 0 aliphatic rings. The first kappa shape index (κ1) is 28.5. The van der Waals surface area contributed by atoms with Crippen molar-refractivity contribution in [3.63, 3.8) is 0 Å². The van der Waals surface area contributed by atoms with Crippen molar-refractivity contribution in [2.45, 2.75) is 32.8 Å². The smallest absolute Gasteiger partial charge is 0.264 e. The Kier molecular flexibility index (Phi) is 8.09. The van der Waals surface area contributed by atoms with E-state index in [0.29, 0.717) is 19.4 Å². The number of hydrogen-bond acceptors (Lipinski definition) is 8. The van der Waals surface area contributed by atoms with Crippen LogP contribution in [0.2, 0.25) is 0 Å². The summed E-state index contributed by atoms with van der Waals surface area (Å²) >= 11 is 3.37. The van der Waals surface area contributed by atoms with Crippen LogP contribution in [-0.2, 0) is 20.7 Å². The molecule has 6 nitrogen and oxygen atoms in total. The molecule has 214 valence electrons. The monoisotopic (exact) mass is 613 g/mol. The van der Waals surface area contributed by atoms with Gasteiger partial charge in [-0.05, 0) is 91.9 Å². The van der Waals surface area contributed by atoms with Crippen molar-refractivity contribution in [2.24, 2.45) is 0 Å².